The van der Waals surface area contributed by atoms with Gasteiger partial charge in [-0.1, -0.05) is 13.8 Å². The number of carbonyl (C=O) groups is 1. The first kappa shape index (κ1) is 13.5. The maximum absolute atomic E-state index is 11.8. The van der Waals surface area contributed by atoms with E-state index in [4.69, 9.17) is 11.6 Å². The molecule has 0 spiro atoms. The van der Waals surface area contributed by atoms with Crippen LogP contribution in [0, 0.1) is 12.3 Å². The van der Waals surface area contributed by atoms with Gasteiger partial charge in [0.1, 0.15) is 0 Å². The molecule has 90 valence electrons. The third kappa shape index (κ3) is 3.80. The number of thiophene rings is 1. The van der Waals surface area contributed by atoms with Gasteiger partial charge in [-0.3, -0.25) is 4.79 Å². The van der Waals surface area contributed by atoms with Crippen molar-refractivity contribution in [2.45, 2.75) is 27.2 Å². The van der Waals surface area contributed by atoms with E-state index in [2.05, 4.69) is 19.2 Å². The fourth-order valence-electron chi connectivity index (χ4n) is 1.35. The molecule has 1 aromatic rings. The number of nitrogens with one attached hydrogen (secondary N) is 1. The van der Waals surface area contributed by atoms with Gasteiger partial charge in [-0.25, -0.2) is 0 Å². The van der Waals surface area contributed by atoms with Crippen LogP contribution in [0.4, 0.5) is 0 Å². The Morgan fingerprint density at radius 1 is 1.50 bits per heavy atom. The summed E-state index contributed by atoms with van der Waals surface area (Å²) in [6.45, 7) is 6.83. The van der Waals surface area contributed by atoms with Crippen LogP contribution in [0.1, 0.15) is 36.2 Å². The van der Waals surface area contributed by atoms with Crippen LogP contribution in [0.15, 0.2) is 10.8 Å². The normalized spacial score (nSPS) is 11.5. The van der Waals surface area contributed by atoms with Gasteiger partial charge in [0.15, 0.2) is 0 Å². The molecule has 16 heavy (non-hydrogen) atoms. The van der Waals surface area contributed by atoms with E-state index in [0.717, 1.165) is 17.5 Å². The summed E-state index contributed by atoms with van der Waals surface area (Å²) >= 11 is 7.27. The van der Waals surface area contributed by atoms with E-state index in [-0.39, 0.29) is 11.3 Å². The Balaban J connectivity index is 2.51. The standard InChI is InChI=1S/C12H18ClNOS/c1-9-6-16-7-10(9)11(15)14-8-12(2,3)4-5-13/h6-7H,4-5,8H2,1-3H3,(H,14,15). The van der Waals surface area contributed by atoms with Gasteiger partial charge < -0.3 is 5.32 Å². The van der Waals surface area contributed by atoms with E-state index >= 15 is 0 Å². The van der Waals surface area contributed by atoms with Crippen LogP contribution < -0.4 is 5.32 Å². The first-order valence-electron chi connectivity index (χ1n) is 5.33. The van der Waals surface area contributed by atoms with Gasteiger partial charge in [0, 0.05) is 17.8 Å². The van der Waals surface area contributed by atoms with E-state index in [1.165, 1.54) is 0 Å². The predicted octanol–water partition coefficient (Wildman–Crippen LogP) is 3.44. The van der Waals surface area contributed by atoms with Crippen LogP contribution in [-0.4, -0.2) is 18.3 Å². The molecule has 0 unspecified atom stereocenters. The molecule has 0 saturated carbocycles. The molecule has 0 aliphatic carbocycles. The maximum Gasteiger partial charge on any atom is 0.252 e. The summed E-state index contributed by atoms with van der Waals surface area (Å²) < 4.78 is 0. The fourth-order valence-corrected chi connectivity index (χ4v) is 2.69. The predicted molar refractivity (Wildman–Crippen MR) is 70.5 cm³/mol. The Hall–Kier alpha value is -0.540. The molecule has 0 fully saturated rings. The highest BCUT2D eigenvalue weighted by Crippen LogP contribution is 2.20. The van der Waals surface area contributed by atoms with Crippen molar-refractivity contribution in [1.29, 1.82) is 0 Å². The van der Waals surface area contributed by atoms with Crippen LogP contribution in [0.3, 0.4) is 0 Å². The Morgan fingerprint density at radius 2 is 2.19 bits per heavy atom. The zero-order valence-corrected chi connectivity index (χ0v) is 11.5. The molecule has 1 heterocycles. The number of halogens is 1. The van der Waals surface area contributed by atoms with Crippen LogP contribution in [0.5, 0.6) is 0 Å². The average Bonchev–Trinajstić information content (AvgIpc) is 2.61. The largest absolute Gasteiger partial charge is 0.351 e. The molecule has 1 rings (SSSR count). The SMILES string of the molecule is Cc1cscc1C(=O)NCC(C)(C)CCCl. The summed E-state index contributed by atoms with van der Waals surface area (Å²) in [5.41, 5.74) is 1.88. The number of hydrogen-bond acceptors (Lipinski definition) is 2. The zero-order valence-electron chi connectivity index (χ0n) is 9.97. The molecule has 1 amide bonds. The molecule has 0 atom stereocenters. The van der Waals surface area contributed by atoms with Crippen molar-refractivity contribution in [1.82, 2.24) is 5.32 Å². The van der Waals surface area contributed by atoms with Crippen LogP contribution >= 0.6 is 22.9 Å². The molecular formula is C12H18ClNOS. The molecule has 2 nitrogen and oxygen atoms in total. The third-order valence-corrected chi connectivity index (χ3v) is 3.65. The van der Waals surface area contributed by atoms with E-state index in [1.54, 1.807) is 11.3 Å². The van der Waals surface area contributed by atoms with Gasteiger partial charge in [-0.15, -0.1) is 11.6 Å². The number of aryl methyl sites for hydroxylation is 1. The average molecular weight is 260 g/mol. The minimum absolute atomic E-state index is 0.0152. The Bertz CT molecular complexity index is 360. The lowest BCUT2D eigenvalue weighted by molar-refractivity contribution is 0.0935. The summed E-state index contributed by atoms with van der Waals surface area (Å²) in [5.74, 6) is 0.641. The summed E-state index contributed by atoms with van der Waals surface area (Å²) in [6, 6.07) is 0. The second-order valence-electron chi connectivity index (χ2n) is 4.75. The first-order valence-corrected chi connectivity index (χ1v) is 6.81. The summed E-state index contributed by atoms with van der Waals surface area (Å²) in [6.07, 6.45) is 0.900. The van der Waals surface area contributed by atoms with E-state index in [0.29, 0.717) is 12.4 Å². The lowest BCUT2D eigenvalue weighted by Gasteiger charge is -2.23. The van der Waals surface area contributed by atoms with Crippen molar-refractivity contribution < 1.29 is 4.79 Å². The Labute approximate surface area is 106 Å². The zero-order chi connectivity index (χ0) is 12.2. The van der Waals surface area contributed by atoms with Crippen molar-refractivity contribution in [3.8, 4) is 0 Å². The lowest BCUT2D eigenvalue weighted by Crippen LogP contribution is -2.34. The molecule has 0 radical (unpaired) electrons. The highest BCUT2D eigenvalue weighted by atomic mass is 35.5. The Morgan fingerprint density at radius 3 is 2.69 bits per heavy atom. The topological polar surface area (TPSA) is 29.1 Å². The highest BCUT2D eigenvalue weighted by Gasteiger charge is 2.19. The van der Waals surface area contributed by atoms with Crippen molar-refractivity contribution in [3.63, 3.8) is 0 Å². The molecule has 0 aliphatic heterocycles. The molecular weight excluding hydrogens is 242 g/mol. The van der Waals surface area contributed by atoms with Crippen LogP contribution in [0.2, 0.25) is 0 Å². The fraction of sp³-hybridized carbons (Fsp3) is 0.583. The molecule has 0 aliphatic rings. The van der Waals surface area contributed by atoms with E-state index in [9.17, 15) is 4.79 Å². The van der Waals surface area contributed by atoms with Gasteiger partial charge in [0.25, 0.3) is 5.91 Å². The van der Waals surface area contributed by atoms with Crippen LogP contribution in [0.25, 0.3) is 0 Å². The Kier molecular flexibility index (Phi) is 4.81. The van der Waals surface area contributed by atoms with Crippen molar-refractivity contribution in [2.75, 3.05) is 12.4 Å². The number of rotatable bonds is 5. The quantitative estimate of drug-likeness (QED) is 0.807. The van der Waals surface area contributed by atoms with Gasteiger partial charge in [-0.05, 0) is 29.7 Å². The van der Waals surface area contributed by atoms with Gasteiger partial charge >= 0.3 is 0 Å². The molecule has 0 aromatic carbocycles. The minimum atomic E-state index is 0.0152. The maximum atomic E-state index is 11.8. The number of amides is 1. The van der Waals surface area contributed by atoms with Crippen molar-refractivity contribution in [3.05, 3.63) is 21.9 Å². The molecule has 0 bridgehead atoms. The van der Waals surface area contributed by atoms with Crippen molar-refractivity contribution in [2.24, 2.45) is 5.41 Å². The number of hydrogen-bond donors (Lipinski definition) is 1. The second kappa shape index (κ2) is 5.69. The first-order chi connectivity index (χ1) is 7.46. The highest BCUT2D eigenvalue weighted by molar-refractivity contribution is 7.08. The second-order valence-corrected chi connectivity index (χ2v) is 5.88. The summed E-state index contributed by atoms with van der Waals surface area (Å²) in [7, 11) is 0. The lowest BCUT2D eigenvalue weighted by atomic mass is 9.90. The monoisotopic (exact) mass is 259 g/mol. The van der Waals surface area contributed by atoms with Gasteiger partial charge in [-0.2, -0.15) is 11.3 Å². The number of alkyl halides is 1. The smallest absolute Gasteiger partial charge is 0.252 e. The third-order valence-electron chi connectivity index (χ3n) is 2.60. The van der Waals surface area contributed by atoms with E-state index in [1.807, 2.05) is 17.7 Å². The number of carbonyl (C=O) groups excluding carboxylic acids is 1. The van der Waals surface area contributed by atoms with Gasteiger partial charge in [0.05, 0.1) is 5.56 Å². The minimum Gasteiger partial charge on any atom is -0.351 e. The molecule has 4 heteroatoms. The van der Waals surface area contributed by atoms with Crippen LogP contribution in [-0.2, 0) is 0 Å². The van der Waals surface area contributed by atoms with Gasteiger partial charge in [0.2, 0.25) is 0 Å². The summed E-state index contributed by atoms with van der Waals surface area (Å²) in [5, 5.41) is 6.83. The molecule has 1 aromatic heterocycles. The molecule has 1 N–H and O–H groups in total. The van der Waals surface area contributed by atoms with Crippen molar-refractivity contribution >= 4 is 28.8 Å². The summed E-state index contributed by atoms with van der Waals surface area (Å²) in [4.78, 5) is 11.8. The molecule has 0 saturated heterocycles. The van der Waals surface area contributed by atoms with E-state index < -0.39 is 0 Å².